The van der Waals surface area contributed by atoms with Gasteiger partial charge in [-0.15, -0.1) is 0 Å². The number of hydrogen-bond donors (Lipinski definition) is 4. The van der Waals surface area contributed by atoms with Crippen LogP contribution < -0.4 is 0 Å². The molecule has 0 atom stereocenters. The highest BCUT2D eigenvalue weighted by Crippen LogP contribution is 2.58. The van der Waals surface area contributed by atoms with Crippen LogP contribution >= 0.6 is 0 Å². The lowest BCUT2D eigenvalue weighted by Crippen LogP contribution is -2.28. The van der Waals surface area contributed by atoms with E-state index in [2.05, 4.69) is 133 Å². The molecule has 4 N–H and O–H groups in total. The van der Waals surface area contributed by atoms with E-state index in [1.807, 2.05) is 48.5 Å². The second kappa shape index (κ2) is 14.3. The van der Waals surface area contributed by atoms with E-state index in [1.165, 1.54) is 55.6 Å². The third-order valence-corrected chi connectivity index (χ3v) is 13.0. The normalized spacial score (nSPS) is 13.7. The highest BCUT2D eigenvalue weighted by Gasteiger charge is 2.47. The van der Waals surface area contributed by atoms with Gasteiger partial charge in [-0.05, 0) is 149 Å². The Labute approximate surface area is 359 Å². The summed E-state index contributed by atoms with van der Waals surface area (Å²) in [6, 6.07) is 73.4. The fourth-order valence-corrected chi connectivity index (χ4v) is 10.4. The Bertz CT molecular complexity index is 3120. The molecule has 4 nitrogen and oxygen atoms in total. The van der Waals surface area contributed by atoms with E-state index in [1.54, 1.807) is 36.4 Å². The Morgan fingerprint density at radius 3 is 0.839 bits per heavy atom. The van der Waals surface area contributed by atoms with Crippen molar-refractivity contribution < 1.29 is 20.4 Å². The predicted octanol–water partition coefficient (Wildman–Crippen LogP) is 13.2. The summed E-state index contributed by atoms with van der Waals surface area (Å²) in [5.74, 6) is 1.04. The van der Waals surface area contributed by atoms with Gasteiger partial charge >= 0.3 is 0 Å². The van der Waals surface area contributed by atoms with Gasteiger partial charge in [-0.2, -0.15) is 0 Å². The number of fused-ring (bicyclic) bond motifs is 8. The molecule has 0 spiro atoms. The quantitative estimate of drug-likeness (QED) is 0.143. The monoisotopic (exact) mass is 800 g/mol. The van der Waals surface area contributed by atoms with Crippen LogP contribution in [0.25, 0.3) is 43.8 Å². The summed E-state index contributed by atoms with van der Waals surface area (Å²) < 4.78 is 0. The molecule has 0 fully saturated rings. The molecule has 0 aliphatic heterocycles. The van der Waals surface area contributed by atoms with Crippen LogP contribution in [0.1, 0.15) is 44.5 Å². The van der Waals surface area contributed by atoms with Crippen LogP contribution in [-0.4, -0.2) is 20.4 Å². The molecule has 0 radical (unpaired) electrons. The Kier molecular flexibility index (Phi) is 8.52. The molecule has 4 heteroatoms. The third-order valence-electron chi connectivity index (χ3n) is 13.0. The molecule has 2 aliphatic carbocycles. The zero-order valence-electron chi connectivity index (χ0n) is 33.6. The maximum absolute atomic E-state index is 10.0. The lowest BCUT2D eigenvalue weighted by molar-refractivity contribution is 0.474. The molecule has 0 heterocycles. The van der Waals surface area contributed by atoms with Crippen molar-refractivity contribution in [3.05, 3.63) is 263 Å². The molecule has 0 amide bonds. The molecule has 0 saturated carbocycles. The van der Waals surface area contributed by atoms with Crippen molar-refractivity contribution in [2.24, 2.45) is 0 Å². The summed E-state index contributed by atoms with van der Waals surface area (Å²) in [6.07, 6.45) is 0. The molecule has 62 heavy (non-hydrogen) atoms. The number of benzene rings is 10. The van der Waals surface area contributed by atoms with Crippen LogP contribution in [0.5, 0.6) is 23.0 Å². The number of hydrogen-bond acceptors (Lipinski definition) is 4. The van der Waals surface area contributed by atoms with E-state index in [9.17, 15) is 20.4 Å². The molecule has 0 aromatic heterocycles. The van der Waals surface area contributed by atoms with Gasteiger partial charge in [0, 0.05) is 0 Å². The predicted molar refractivity (Wildman–Crippen MR) is 249 cm³/mol. The summed E-state index contributed by atoms with van der Waals surface area (Å²) in [5.41, 5.74) is 13.4. The van der Waals surface area contributed by atoms with Gasteiger partial charge in [0.25, 0.3) is 0 Å². The first kappa shape index (κ1) is 37.0. The highest BCUT2D eigenvalue weighted by atomic mass is 16.3. The van der Waals surface area contributed by atoms with E-state index in [4.69, 9.17) is 0 Å². The lowest BCUT2D eigenvalue weighted by atomic mass is 9.67. The fraction of sp³-hybridized carbons (Fsp3) is 0.0345. The topological polar surface area (TPSA) is 80.9 Å². The van der Waals surface area contributed by atoms with Gasteiger partial charge in [-0.25, -0.2) is 0 Å². The van der Waals surface area contributed by atoms with E-state index in [0.29, 0.717) is 0 Å². The summed E-state index contributed by atoms with van der Waals surface area (Å²) in [5, 5.41) is 43.9. The van der Waals surface area contributed by atoms with Crippen molar-refractivity contribution in [3.63, 3.8) is 0 Å². The van der Waals surface area contributed by atoms with Crippen molar-refractivity contribution in [3.8, 4) is 45.3 Å². The standard InChI is InChI=1S/C33H22O2.C25H18O2/c34-27-15-11-21-17-25(13-9-23(21)19-27)33(26-14-10-24-20-28(35)16-12-22(24)18-26)31-7-3-1-5-29(31)30-6-2-4-8-32(30)33;26-19-13-9-17(10-14-19)25(18-11-15-20(27)16-12-18)23-7-3-1-5-21(23)22-6-2-4-8-24(22)25/h1-20,34-35H;1-16,26-27H. The number of rotatable bonds is 4. The average molecular weight is 801 g/mol. The lowest BCUT2D eigenvalue weighted by Gasteiger charge is -2.34. The molecule has 296 valence electrons. The van der Waals surface area contributed by atoms with Gasteiger partial charge in [0.05, 0.1) is 10.8 Å². The highest BCUT2D eigenvalue weighted by molar-refractivity contribution is 5.92. The Hall–Kier alpha value is -8.08. The van der Waals surface area contributed by atoms with Crippen molar-refractivity contribution in [1.82, 2.24) is 0 Å². The minimum atomic E-state index is -0.495. The minimum Gasteiger partial charge on any atom is -0.508 e. The van der Waals surface area contributed by atoms with Crippen LogP contribution in [-0.2, 0) is 10.8 Å². The van der Waals surface area contributed by atoms with Crippen molar-refractivity contribution in [1.29, 1.82) is 0 Å². The molecular weight excluding hydrogens is 761 g/mol. The maximum Gasteiger partial charge on any atom is 0.116 e. The van der Waals surface area contributed by atoms with E-state index < -0.39 is 10.8 Å². The van der Waals surface area contributed by atoms with Gasteiger partial charge in [0.2, 0.25) is 0 Å². The second-order valence-corrected chi connectivity index (χ2v) is 16.3. The fourth-order valence-electron chi connectivity index (χ4n) is 10.4. The first-order valence-electron chi connectivity index (χ1n) is 20.8. The molecule has 0 bridgehead atoms. The van der Waals surface area contributed by atoms with Crippen LogP contribution in [0.15, 0.2) is 218 Å². The van der Waals surface area contributed by atoms with E-state index in [0.717, 1.165) is 32.7 Å². The molecule has 10 aromatic carbocycles. The summed E-state index contributed by atoms with van der Waals surface area (Å²) in [6.45, 7) is 0. The van der Waals surface area contributed by atoms with Gasteiger partial charge in [0.1, 0.15) is 23.0 Å². The zero-order valence-corrected chi connectivity index (χ0v) is 33.6. The van der Waals surface area contributed by atoms with E-state index in [-0.39, 0.29) is 23.0 Å². The third kappa shape index (κ3) is 5.54. The molecule has 2 aliphatic rings. The van der Waals surface area contributed by atoms with Gasteiger partial charge in [-0.1, -0.05) is 158 Å². The largest absolute Gasteiger partial charge is 0.508 e. The molecule has 10 aromatic rings. The van der Waals surface area contributed by atoms with Crippen molar-refractivity contribution in [2.45, 2.75) is 10.8 Å². The van der Waals surface area contributed by atoms with E-state index >= 15 is 0 Å². The molecule has 12 rings (SSSR count). The maximum atomic E-state index is 10.0. The first-order valence-corrected chi connectivity index (χ1v) is 20.8. The number of phenols is 4. The van der Waals surface area contributed by atoms with Crippen molar-refractivity contribution in [2.75, 3.05) is 0 Å². The molecule has 0 saturated heterocycles. The number of aromatic hydroxyl groups is 4. The van der Waals surface area contributed by atoms with Gasteiger partial charge in [-0.3, -0.25) is 0 Å². The van der Waals surface area contributed by atoms with Crippen LogP contribution in [0, 0.1) is 0 Å². The van der Waals surface area contributed by atoms with Gasteiger partial charge in [0.15, 0.2) is 0 Å². The van der Waals surface area contributed by atoms with Crippen molar-refractivity contribution >= 4 is 21.5 Å². The Balaban J connectivity index is 0.000000144. The number of phenolic OH excluding ortho intramolecular Hbond substituents is 4. The molecular formula is C58H40O4. The van der Waals surface area contributed by atoms with Crippen LogP contribution in [0.2, 0.25) is 0 Å². The summed E-state index contributed by atoms with van der Waals surface area (Å²) in [4.78, 5) is 0. The Morgan fingerprint density at radius 1 is 0.226 bits per heavy atom. The van der Waals surface area contributed by atoms with Crippen LogP contribution in [0.3, 0.4) is 0 Å². The smallest absolute Gasteiger partial charge is 0.116 e. The first-order chi connectivity index (χ1) is 30.3. The minimum absolute atomic E-state index is 0.249. The van der Waals surface area contributed by atoms with Crippen LogP contribution in [0.4, 0.5) is 0 Å². The van der Waals surface area contributed by atoms with Gasteiger partial charge < -0.3 is 20.4 Å². The molecule has 0 unspecified atom stereocenters. The zero-order chi connectivity index (χ0) is 42.0. The summed E-state index contributed by atoms with van der Waals surface area (Å²) in [7, 11) is 0. The average Bonchev–Trinajstić information content (AvgIpc) is 3.78. The SMILES string of the molecule is Oc1ccc(C2(c3ccc(O)cc3)c3ccccc3-c3ccccc32)cc1.Oc1ccc2cc(C3(c4ccc5cc(O)ccc5c4)c4ccccc4-c4ccccc43)ccc2c1. The summed E-state index contributed by atoms with van der Waals surface area (Å²) >= 11 is 0. The second-order valence-electron chi connectivity index (χ2n) is 16.3. The Morgan fingerprint density at radius 2 is 0.484 bits per heavy atom.